The SMILES string of the molecule is Cc1nc(NC(=O)c2cnc3c(F)ccc(F)c3c2)n[nH]1. The molecule has 1 aromatic carbocycles. The molecule has 2 aromatic heterocycles. The minimum Gasteiger partial charge on any atom is -0.289 e. The van der Waals surface area contributed by atoms with Crippen molar-refractivity contribution in [2.24, 2.45) is 0 Å². The number of aryl methyl sites for hydroxylation is 1. The van der Waals surface area contributed by atoms with Gasteiger partial charge < -0.3 is 0 Å². The first-order valence-corrected chi connectivity index (χ1v) is 5.99. The Kier molecular flexibility index (Phi) is 3.05. The van der Waals surface area contributed by atoms with Gasteiger partial charge in [-0.2, -0.15) is 4.98 Å². The van der Waals surface area contributed by atoms with Crippen LogP contribution >= 0.6 is 0 Å². The Bertz CT molecular complexity index is 846. The van der Waals surface area contributed by atoms with Crippen molar-refractivity contribution in [2.45, 2.75) is 6.92 Å². The standard InChI is InChI=1S/C13H9F2N5O/c1-6-17-13(20-19-6)18-12(21)7-4-8-9(14)2-3-10(15)11(8)16-5-7/h2-5H,1H3,(H2,17,18,19,20,21). The lowest BCUT2D eigenvalue weighted by atomic mass is 10.1. The molecule has 106 valence electrons. The number of carbonyl (C=O) groups is 1. The summed E-state index contributed by atoms with van der Waals surface area (Å²) in [7, 11) is 0. The third-order valence-electron chi connectivity index (χ3n) is 2.83. The van der Waals surface area contributed by atoms with Crippen LogP contribution in [0.5, 0.6) is 0 Å². The monoisotopic (exact) mass is 289 g/mol. The zero-order valence-corrected chi connectivity index (χ0v) is 10.8. The maximum atomic E-state index is 13.7. The Morgan fingerprint density at radius 3 is 2.76 bits per heavy atom. The van der Waals surface area contributed by atoms with E-state index in [4.69, 9.17) is 0 Å². The first-order valence-electron chi connectivity index (χ1n) is 5.99. The van der Waals surface area contributed by atoms with Gasteiger partial charge >= 0.3 is 0 Å². The minimum absolute atomic E-state index is 0.0613. The molecule has 2 heterocycles. The normalized spacial score (nSPS) is 10.8. The molecule has 0 spiro atoms. The molecule has 21 heavy (non-hydrogen) atoms. The van der Waals surface area contributed by atoms with Crippen LogP contribution in [0.15, 0.2) is 24.4 Å². The number of nitrogens with one attached hydrogen (secondary N) is 2. The molecule has 2 N–H and O–H groups in total. The molecule has 0 unspecified atom stereocenters. The number of carbonyl (C=O) groups excluding carboxylic acids is 1. The van der Waals surface area contributed by atoms with Gasteiger partial charge in [-0.25, -0.2) is 8.78 Å². The number of hydrogen-bond donors (Lipinski definition) is 2. The van der Waals surface area contributed by atoms with Crippen LogP contribution in [0, 0.1) is 18.6 Å². The van der Waals surface area contributed by atoms with E-state index in [0.29, 0.717) is 5.82 Å². The van der Waals surface area contributed by atoms with Gasteiger partial charge in [-0.3, -0.25) is 20.2 Å². The van der Waals surface area contributed by atoms with Crippen molar-refractivity contribution in [3.63, 3.8) is 0 Å². The fourth-order valence-corrected chi connectivity index (χ4v) is 1.85. The average Bonchev–Trinajstić information content (AvgIpc) is 2.88. The summed E-state index contributed by atoms with van der Waals surface area (Å²) in [4.78, 5) is 19.7. The summed E-state index contributed by atoms with van der Waals surface area (Å²) in [5.41, 5.74) is -0.0465. The molecule has 3 rings (SSSR count). The number of aromatic nitrogens is 4. The maximum absolute atomic E-state index is 13.7. The van der Waals surface area contributed by atoms with Gasteiger partial charge in [-0.05, 0) is 25.1 Å². The van der Waals surface area contributed by atoms with Gasteiger partial charge in [0.05, 0.1) is 5.56 Å². The van der Waals surface area contributed by atoms with E-state index < -0.39 is 17.5 Å². The zero-order valence-electron chi connectivity index (χ0n) is 10.8. The highest BCUT2D eigenvalue weighted by Gasteiger charge is 2.13. The fraction of sp³-hybridized carbons (Fsp3) is 0.0769. The quantitative estimate of drug-likeness (QED) is 0.757. The summed E-state index contributed by atoms with van der Waals surface area (Å²) in [5, 5.41) is 8.69. The number of amides is 1. The van der Waals surface area contributed by atoms with Gasteiger partial charge in [0.2, 0.25) is 5.95 Å². The van der Waals surface area contributed by atoms with Gasteiger partial charge in [-0.15, -0.1) is 5.10 Å². The molecule has 0 bridgehead atoms. The van der Waals surface area contributed by atoms with E-state index in [1.54, 1.807) is 6.92 Å². The van der Waals surface area contributed by atoms with Crippen molar-refractivity contribution in [1.82, 2.24) is 20.2 Å². The van der Waals surface area contributed by atoms with Gasteiger partial charge in [0.15, 0.2) is 0 Å². The third-order valence-corrected chi connectivity index (χ3v) is 2.83. The average molecular weight is 289 g/mol. The molecule has 0 aliphatic heterocycles. The largest absolute Gasteiger partial charge is 0.289 e. The molecule has 0 radical (unpaired) electrons. The molecular weight excluding hydrogens is 280 g/mol. The predicted molar refractivity (Wildman–Crippen MR) is 70.7 cm³/mol. The van der Waals surface area contributed by atoms with Crippen LogP contribution in [-0.2, 0) is 0 Å². The first kappa shape index (κ1) is 13.1. The maximum Gasteiger partial charge on any atom is 0.259 e. The number of aromatic amines is 1. The highest BCUT2D eigenvalue weighted by atomic mass is 19.1. The molecular formula is C13H9F2N5O. The number of anilines is 1. The topological polar surface area (TPSA) is 83.6 Å². The second-order valence-corrected chi connectivity index (χ2v) is 4.35. The van der Waals surface area contributed by atoms with E-state index >= 15 is 0 Å². The van der Waals surface area contributed by atoms with E-state index in [0.717, 1.165) is 12.1 Å². The van der Waals surface area contributed by atoms with E-state index in [-0.39, 0.29) is 22.4 Å². The molecule has 0 aliphatic carbocycles. The summed E-state index contributed by atoms with van der Waals surface area (Å²) < 4.78 is 27.2. The van der Waals surface area contributed by atoms with Crippen LogP contribution in [-0.4, -0.2) is 26.1 Å². The lowest BCUT2D eigenvalue weighted by Crippen LogP contribution is -2.13. The summed E-state index contributed by atoms with van der Waals surface area (Å²) in [6.45, 7) is 1.68. The van der Waals surface area contributed by atoms with Gasteiger partial charge in [-0.1, -0.05) is 0 Å². The second-order valence-electron chi connectivity index (χ2n) is 4.35. The van der Waals surface area contributed by atoms with Gasteiger partial charge in [0, 0.05) is 11.6 Å². The van der Waals surface area contributed by atoms with Crippen molar-refractivity contribution < 1.29 is 13.6 Å². The lowest BCUT2D eigenvalue weighted by molar-refractivity contribution is 0.102. The third kappa shape index (κ3) is 2.42. The summed E-state index contributed by atoms with van der Waals surface area (Å²) >= 11 is 0. The van der Waals surface area contributed by atoms with Crippen LogP contribution in [0.1, 0.15) is 16.2 Å². The van der Waals surface area contributed by atoms with Crippen LogP contribution < -0.4 is 5.32 Å². The van der Waals surface area contributed by atoms with Crippen molar-refractivity contribution in [3.05, 3.63) is 47.4 Å². The van der Waals surface area contributed by atoms with E-state index in [1.807, 2.05) is 0 Å². The summed E-state index contributed by atoms with van der Waals surface area (Å²) in [5.74, 6) is -1.23. The summed E-state index contributed by atoms with van der Waals surface area (Å²) in [6, 6.07) is 3.20. The number of pyridine rings is 1. The zero-order chi connectivity index (χ0) is 15.0. The molecule has 0 atom stereocenters. The Morgan fingerprint density at radius 1 is 1.29 bits per heavy atom. The van der Waals surface area contributed by atoms with E-state index in [2.05, 4.69) is 25.5 Å². The molecule has 0 aliphatic rings. The van der Waals surface area contributed by atoms with Crippen molar-refractivity contribution in [3.8, 4) is 0 Å². The van der Waals surface area contributed by atoms with Crippen LogP contribution in [0.4, 0.5) is 14.7 Å². The minimum atomic E-state index is -0.651. The fourth-order valence-electron chi connectivity index (χ4n) is 1.85. The number of rotatable bonds is 2. The Hall–Kier alpha value is -2.90. The molecule has 0 saturated carbocycles. The molecule has 6 nitrogen and oxygen atoms in total. The van der Waals surface area contributed by atoms with E-state index in [9.17, 15) is 13.6 Å². The van der Waals surface area contributed by atoms with E-state index in [1.165, 1.54) is 12.3 Å². The number of hydrogen-bond acceptors (Lipinski definition) is 4. The molecule has 1 amide bonds. The Morgan fingerprint density at radius 2 is 2.05 bits per heavy atom. The van der Waals surface area contributed by atoms with Crippen LogP contribution in [0.2, 0.25) is 0 Å². The van der Waals surface area contributed by atoms with Crippen LogP contribution in [0.3, 0.4) is 0 Å². The summed E-state index contributed by atoms with van der Waals surface area (Å²) in [6.07, 6.45) is 1.17. The van der Waals surface area contributed by atoms with Crippen molar-refractivity contribution in [1.29, 1.82) is 0 Å². The second kappa shape index (κ2) is 4.89. The van der Waals surface area contributed by atoms with Crippen molar-refractivity contribution >= 4 is 22.8 Å². The van der Waals surface area contributed by atoms with Gasteiger partial charge in [0.1, 0.15) is 23.0 Å². The van der Waals surface area contributed by atoms with Crippen molar-refractivity contribution in [2.75, 3.05) is 5.32 Å². The highest BCUT2D eigenvalue weighted by Crippen LogP contribution is 2.20. The number of fused-ring (bicyclic) bond motifs is 1. The highest BCUT2D eigenvalue weighted by molar-refractivity contribution is 6.05. The molecule has 0 fully saturated rings. The molecule has 3 aromatic rings. The number of benzene rings is 1. The molecule has 0 saturated heterocycles. The lowest BCUT2D eigenvalue weighted by Gasteiger charge is -2.04. The number of H-pyrrole nitrogens is 1. The first-order chi connectivity index (χ1) is 10.0. The Balaban J connectivity index is 1.97. The van der Waals surface area contributed by atoms with Crippen LogP contribution in [0.25, 0.3) is 10.9 Å². The number of nitrogens with zero attached hydrogens (tertiary/aromatic N) is 3. The predicted octanol–water partition coefficient (Wildman–Crippen LogP) is 2.19. The Labute approximate surface area is 117 Å². The van der Waals surface area contributed by atoms with Gasteiger partial charge in [0.25, 0.3) is 5.91 Å². The smallest absolute Gasteiger partial charge is 0.259 e. The number of halogens is 2. The molecule has 8 heteroatoms.